The minimum Gasteiger partial charge on any atom is -0.357 e. The third-order valence-corrected chi connectivity index (χ3v) is 7.40. The van der Waals surface area contributed by atoms with E-state index in [0.29, 0.717) is 22.5 Å². The van der Waals surface area contributed by atoms with Gasteiger partial charge in [0, 0.05) is 47.8 Å². The van der Waals surface area contributed by atoms with E-state index in [1.165, 1.54) is 11.9 Å². The average molecular weight is 560 g/mol. The summed E-state index contributed by atoms with van der Waals surface area (Å²) in [5, 5.41) is 7.20. The van der Waals surface area contributed by atoms with Gasteiger partial charge < -0.3 is 10.2 Å². The van der Waals surface area contributed by atoms with Crippen molar-refractivity contribution in [1.29, 1.82) is 0 Å². The molecule has 1 atom stereocenters. The molecule has 3 aromatic heterocycles. The quantitative estimate of drug-likeness (QED) is 0.349. The fourth-order valence-electron chi connectivity index (χ4n) is 5.37. The number of amides is 3. The molecule has 1 saturated heterocycles. The van der Waals surface area contributed by atoms with E-state index in [2.05, 4.69) is 26.5 Å². The van der Waals surface area contributed by atoms with Gasteiger partial charge in [-0.2, -0.15) is 5.10 Å². The Bertz CT molecular complexity index is 1870. The molecule has 1 fully saturated rings. The maximum Gasteiger partial charge on any atom is 0.277 e. The Balaban J connectivity index is 1.25. The smallest absolute Gasteiger partial charge is 0.277 e. The number of imidazole rings is 1. The first-order chi connectivity index (χ1) is 20.3. The van der Waals surface area contributed by atoms with Crippen molar-refractivity contribution in [1.82, 2.24) is 29.4 Å². The van der Waals surface area contributed by atoms with Crippen molar-refractivity contribution in [2.45, 2.75) is 26.3 Å². The second kappa shape index (κ2) is 10.9. The predicted octanol–water partition coefficient (Wildman–Crippen LogP) is 4.05. The van der Waals surface area contributed by atoms with E-state index in [-0.39, 0.29) is 24.8 Å². The van der Waals surface area contributed by atoms with Gasteiger partial charge in [-0.1, -0.05) is 30.3 Å². The van der Waals surface area contributed by atoms with Crippen molar-refractivity contribution in [3.8, 4) is 16.9 Å². The van der Waals surface area contributed by atoms with Crippen LogP contribution in [0.3, 0.4) is 0 Å². The number of aryl methyl sites for hydroxylation is 2. The summed E-state index contributed by atoms with van der Waals surface area (Å²) in [5.41, 5.74) is 6.69. The predicted molar refractivity (Wildman–Crippen MR) is 159 cm³/mol. The molecular formula is C32H29N7O3. The van der Waals surface area contributed by atoms with Crippen LogP contribution in [0, 0.1) is 13.8 Å². The fourth-order valence-corrected chi connectivity index (χ4v) is 5.37. The highest BCUT2D eigenvalue weighted by molar-refractivity contribution is 6.10. The van der Waals surface area contributed by atoms with E-state index in [1.807, 2.05) is 53.3 Å². The van der Waals surface area contributed by atoms with Crippen LogP contribution in [0.4, 0.5) is 0 Å². The number of nitrogens with zero attached hydrogens (tertiary/aromatic N) is 6. The molecule has 6 rings (SSSR count). The number of hydrogen-bond donors (Lipinski definition) is 1. The number of benzene rings is 2. The van der Waals surface area contributed by atoms with Gasteiger partial charge in [-0.25, -0.2) is 14.7 Å². The zero-order valence-electron chi connectivity index (χ0n) is 23.5. The average Bonchev–Trinajstić information content (AvgIpc) is 3.72. The molecule has 210 valence electrons. The Kier molecular flexibility index (Phi) is 6.95. The van der Waals surface area contributed by atoms with Crippen molar-refractivity contribution >= 4 is 29.1 Å². The number of rotatable bonds is 5. The molecule has 4 heterocycles. The van der Waals surface area contributed by atoms with Crippen molar-refractivity contribution in [2.75, 3.05) is 13.6 Å². The summed E-state index contributed by atoms with van der Waals surface area (Å²) in [7, 11) is 1.53. The van der Waals surface area contributed by atoms with Crippen LogP contribution in [0.5, 0.6) is 0 Å². The van der Waals surface area contributed by atoms with Gasteiger partial charge in [-0.3, -0.25) is 18.8 Å². The van der Waals surface area contributed by atoms with Crippen LogP contribution in [0.2, 0.25) is 0 Å². The van der Waals surface area contributed by atoms with E-state index >= 15 is 0 Å². The van der Waals surface area contributed by atoms with Crippen LogP contribution in [-0.4, -0.2) is 67.1 Å². The number of nitrogens with one attached hydrogen (secondary N) is 1. The molecule has 10 heteroatoms. The highest BCUT2D eigenvalue weighted by Gasteiger charge is 2.38. The minimum absolute atomic E-state index is 0.0961. The Labute approximate surface area is 242 Å². The number of likely N-dealkylation sites (N-methyl/N-ethyl adjacent to an activating group) is 1. The van der Waals surface area contributed by atoms with Crippen LogP contribution in [0.25, 0.3) is 22.6 Å². The normalized spacial score (nSPS) is 15.8. The number of carbonyl (C=O) groups is 3. The first-order valence-corrected chi connectivity index (χ1v) is 13.6. The molecule has 0 bridgehead atoms. The molecule has 0 radical (unpaired) electrons. The Morgan fingerprint density at radius 1 is 0.952 bits per heavy atom. The first-order valence-electron chi connectivity index (χ1n) is 13.6. The summed E-state index contributed by atoms with van der Waals surface area (Å²) in [6.45, 7) is 4.08. The van der Waals surface area contributed by atoms with Crippen LogP contribution >= 0.6 is 0 Å². The number of pyridine rings is 1. The molecule has 0 saturated carbocycles. The number of carbonyl (C=O) groups excluding carboxylic acids is 3. The van der Waals surface area contributed by atoms with Crippen molar-refractivity contribution in [2.24, 2.45) is 4.99 Å². The summed E-state index contributed by atoms with van der Waals surface area (Å²) >= 11 is 0. The van der Waals surface area contributed by atoms with Crippen LogP contribution < -0.4 is 5.32 Å². The maximum atomic E-state index is 13.2. The highest BCUT2D eigenvalue weighted by Crippen LogP contribution is 2.25. The van der Waals surface area contributed by atoms with Gasteiger partial charge in [0.1, 0.15) is 11.7 Å². The van der Waals surface area contributed by atoms with Gasteiger partial charge in [-0.05, 0) is 56.3 Å². The summed E-state index contributed by atoms with van der Waals surface area (Å²) < 4.78 is 3.83. The van der Waals surface area contributed by atoms with Crippen molar-refractivity contribution in [3.05, 3.63) is 108 Å². The lowest BCUT2D eigenvalue weighted by Crippen LogP contribution is -2.44. The number of hydrogen-bond acceptors (Lipinski definition) is 5. The van der Waals surface area contributed by atoms with Gasteiger partial charge >= 0.3 is 0 Å². The zero-order valence-corrected chi connectivity index (χ0v) is 23.5. The van der Waals surface area contributed by atoms with Crippen molar-refractivity contribution in [3.63, 3.8) is 0 Å². The number of aromatic nitrogens is 4. The van der Waals surface area contributed by atoms with E-state index in [9.17, 15) is 14.4 Å². The third-order valence-electron chi connectivity index (χ3n) is 7.40. The van der Waals surface area contributed by atoms with E-state index in [4.69, 9.17) is 0 Å². The summed E-state index contributed by atoms with van der Waals surface area (Å²) in [4.78, 5) is 49.3. The van der Waals surface area contributed by atoms with E-state index in [1.54, 1.807) is 48.8 Å². The molecule has 1 aliphatic heterocycles. The molecule has 0 aliphatic carbocycles. The summed E-state index contributed by atoms with van der Waals surface area (Å²) in [5.74, 6) is -1.03. The van der Waals surface area contributed by atoms with Crippen LogP contribution in [0.1, 0.15) is 38.5 Å². The monoisotopic (exact) mass is 559 g/mol. The Morgan fingerprint density at radius 3 is 2.50 bits per heavy atom. The van der Waals surface area contributed by atoms with Crippen LogP contribution in [0.15, 0.2) is 90.2 Å². The lowest BCUT2D eigenvalue weighted by atomic mass is 10.1. The first kappa shape index (κ1) is 26.8. The molecular weight excluding hydrogens is 530 g/mol. The third kappa shape index (κ3) is 4.98. The Morgan fingerprint density at radius 2 is 1.76 bits per heavy atom. The molecule has 5 aromatic rings. The lowest BCUT2D eigenvalue weighted by Gasteiger charge is -2.22. The molecule has 1 aliphatic rings. The number of likely N-dealkylation sites (tertiary alicyclic amines) is 1. The lowest BCUT2D eigenvalue weighted by molar-refractivity contribution is -0.124. The molecule has 42 heavy (non-hydrogen) atoms. The van der Waals surface area contributed by atoms with Crippen molar-refractivity contribution < 1.29 is 14.4 Å². The van der Waals surface area contributed by atoms with Gasteiger partial charge in [-0.15, -0.1) is 0 Å². The summed E-state index contributed by atoms with van der Waals surface area (Å²) in [6, 6.07) is 21.5. The largest absolute Gasteiger partial charge is 0.357 e. The Hall–Kier alpha value is -5.38. The maximum absolute atomic E-state index is 13.2. The second-order valence-electron chi connectivity index (χ2n) is 10.3. The topological polar surface area (TPSA) is 114 Å². The fraction of sp³-hybridized carbons (Fsp3) is 0.188. The van der Waals surface area contributed by atoms with Gasteiger partial charge in [0.05, 0.1) is 29.8 Å². The zero-order chi connectivity index (χ0) is 29.4. The highest BCUT2D eigenvalue weighted by atomic mass is 16.2. The minimum atomic E-state index is -0.739. The number of fused-ring (bicyclic) bond motifs is 1. The molecule has 1 N–H and O–H groups in total. The van der Waals surface area contributed by atoms with E-state index in [0.717, 1.165) is 28.3 Å². The SMILES string of the molecule is CNC(=O)[C@H]1CC(=NC(=O)c2ccn3c(-c4cccc(-n5nc(C)cc5C)c4)cnc3c2)CN1C(=O)c1ccccc1. The molecule has 2 aromatic carbocycles. The second-order valence-corrected chi connectivity index (χ2v) is 10.3. The number of aliphatic imine (C=N–C) groups is 1. The molecule has 0 unspecified atom stereocenters. The summed E-state index contributed by atoms with van der Waals surface area (Å²) in [6.07, 6.45) is 3.76. The molecule has 0 spiro atoms. The molecule has 3 amide bonds. The van der Waals surface area contributed by atoms with Gasteiger partial charge in [0.25, 0.3) is 11.8 Å². The van der Waals surface area contributed by atoms with Crippen LogP contribution in [-0.2, 0) is 4.79 Å². The molecule has 10 nitrogen and oxygen atoms in total. The van der Waals surface area contributed by atoms with Gasteiger partial charge in [0.2, 0.25) is 5.91 Å². The standard InChI is InChI=1S/C32H29N7O3/c1-20-14-21(2)39(36-20)26-11-7-10-23(15-26)28-18-34-29-16-24(12-13-37(28)29)30(40)35-25-17-27(31(41)33-3)38(19-25)32(42)22-8-5-4-6-9-22/h4-16,18,27H,17,19H2,1-3H3,(H,33,41)/t27-/m1/s1. The van der Waals surface area contributed by atoms with Gasteiger partial charge in [0.15, 0.2) is 0 Å². The van der Waals surface area contributed by atoms with E-state index < -0.39 is 11.9 Å².